The Balaban J connectivity index is 1.46. The Morgan fingerprint density at radius 3 is 2.84 bits per heavy atom. The fraction of sp³-hybridized carbons (Fsp3) is 0.520. The molecule has 3 N–H and O–H groups in total. The van der Waals surface area contributed by atoms with Crippen LogP contribution in [0.25, 0.3) is 0 Å². The number of amides is 2. The molecule has 1 aliphatic carbocycles. The van der Waals surface area contributed by atoms with Gasteiger partial charge in [-0.05, 0) is 44.4 Å². The van der Waals surface area contributed by atoms with E-state index in [4.69, 9.17) is 11.6 Å². The van der Waals surface area contributed by atoms with Crippen molar-refractivity contribution in [2.75, 3.05) is 39.5 Å². The molecule has 11 nitrogen and oxygen atoms in total. The summed E-state index contributed by atoms with van der Waals surface area (Å²) in [4.78, 5) is 41.3. The number of thiazole rings is 1. The van der Waals surface area contributed by atoms with Crippen LogP contribution < -0.4 is 15.7 Å². The molecule has 1 fully saturated rings. The van der Waals surface area contributed by atoms with Crippen molar-refractivity contribution in [1.82, 2.24) is 20.2 Å². The number of pyridine rings is 1. The SMILES string of the molecule is CN1CCc2nc(C(=O)N[C@@H]3C[C@@H](C(O)=[N+](C)C)CC[C@@H]3CN=C([O-])C(=O)Nc3ccc(Cl)cn3)sc2C1. The van der Waals surface area contributed by atoms with Crippen molar-refractivity contribution in [3.8, 4) is 0 Å². The molecule has 2 aromatic heterocycles. The summed E-state index contributed by atoms with van der Waals surface area (Å²) in [6, 6.07) is 2.68. The number of nitrogens with one attached hydrogen (secondary N) is 2. The first-order valence-corrected chi connectivity index (χ1v) is 13.7. The highest BCUT2D eigenvalue weighted by molar-refractivity contribution is 7.13. The average Bonchev–Trinajstić information content (AvgIpc) is 3.32. The zero-order chi connectivity index (χ0) is 27.4. The Labute approximate surface area is 230 Å². The standard InChI is InChI=1S/C25H32ClN7O4S/c1-32(2)25(37)14-4-5-15(11-28-21(34)22(35)31-20-7-6-16(26)12-27-20)18(10-14)29-23(36)24-30-17-8-9-33(3)13-19(17)38-24/h6-7,12,14-15,18H,4-5,8-11,13H2,1-3H3,(H3,27,28,29,31,34,35,36)/t14-,15+,18+/m0/s1. The summed E-state index contributed by atoms with van der Waals surface area (Å²) in [6.45, 7) is 1.75. The number of likely N-dealkylation sites (N-methyl/N-ethyl adjacent to an activating group) is 1. The third-order valence-corrected chi connectivity index (χ3v) is 8.19. The highest BCUT2D eigenvalue weighted by Gasteiger charge is 2.37. The zero-order valence-corrected chi connectivity index (χ0v) is 23.2. The van der Waals surface area contributed by atoms with Gasteiger partial charge in [-0.15, -0.1) is 11.3 Å². The van der Waals surface area contributed by atoms with Gasteiger partial charge in [-0.2, -0.15) is 0 Å². The van der Waals surface area contributed by atoms with Gasteiger partial charge in [-0.3, -0.25) is 14.6 Å². The topological polar surface area (TPSA) is 146 Å². The number of aliphatic imine (C=N–C) groups is 1. The maximum Gasteiger partial charge on any atom is 0.336 e. The van der Waals surface area contributed by atoms with Gasteiger partial charge < -0.3 is 25.7 Å². The average molecular weight is 562 g/mol. The predicted molar refractivity (Wildman–Crippen MR) is 144 cm³/mol. The monoisotopic (exact) mass is 561 g/mol. The van der Waals surface area contributed by atoms with E-state index in [9.17, 15) is 19.8 Å². The van der Waals surface area contributed by atoms with Gasteiger partial charge in [0.2, 0.25) is 0 Å². The van der Waals surface area contributed by atoms with Crippen LogP contribution in [-0.2, 0) is 17.8 Å². The first-order valence-electron chi connectivity index (χ1n) is 12.5. The van der Waals surface area contributed by atoms with Gasteiger partial charge in [-0.1, -0.05) is 11.6 Å². The van der Waals surface area contributed by atoms with Crippen LogP contribution in [0.2, 0.25) is 5.02 Å². The molecule has 2 aromatic rings. The number of rotatable bonds is 6. The molecule has 0 saturated heterocycles. The van der Waals surface area contributed by atoms with Crippen LogP contribution in [0.3, 0.4) is 0 Å². The lowest BCUT2D eigenvalue weighted by Crippen LogP contribution is -2.47. The molecule has 0 spiro atoms. The van der Waals surface area contributed by atoms with Gasteiger partial charge in [-0.25, -0.2) is 14.5 Å². The van der Waals surface area contributed by atoms with Crippen molar-refractivity contribution in [3.63, 3.8) is 0 Å². The van der Waals surface area contributed by atoms with E-state index < -0.39 is 11.8 Å². The van der Waals surface area contributed by atoms with Crippen molar-refractivity contribution < 1.29 is 24.4 Å². The highest BCUT2D eigenvalue weighted by atomic mass is 35.5. The molecule has 0 aromatic carbocycles. The van der Waals surface area contributed by atoms with E-state index in [0.29, 0.717) is 29.3 Å². The van der Waals surface area contributed by atoms with Gasteiger partial charge >= 0.3 is 5.90 Å². The predicted octanol–water partition coefficient (Wildman–Crippen LogP) is 1.32. The number of carbonyl (C=O) groups excluding carboxylic acids is 2. The Hall–Kier alpha value is -3.09. The second kappa shape index (κ2) is 12.2. The van der Waals surface area contributed by atoms with Crippen molar-refractivity contribution in [1.29, 1.82) is 0 Å². The maximum atomic E-state index is 13.2. The fourth-order valence-electron chi connectivity index (χ4n) is 4.77. The summed E-state index contributed by atoms with van der Waals surface area (Å²) in [5.41, 5.74) is 0.969. The normalized spacial score (nSPS) is 21.9. The summed E-state index contributed by atoms with van der Waals surface area (Å²) < 4.78 is 1.66. The first-order chi connectivity index (χ1) is 18.1. The highest BCUT2D eigenvalue weighted by Crippen LogP contribution is 2.31. The molecule has 2 amide bonds. The van der Waals surface area contributed by atoms with Gasteiger partial charge in [0, 0.05) is 49.1 Å². The number of fused-ring (bicyclic) bond motifs is 1. The molecule has 0 unspecified atom stereocenters. The molecule has 4 rings (SSSR count). The largest absolute Gasteiger partial charge is 0.855 e. The van der Waals surface area contributed by atoms with Crippen LogP contribution in [0.5, 0.6) is 0 Å². The van der Waals surface area contributed by atoms with Crippen LogP contribution in [-0.4, -0.2) is 88.4 Å². The van der Waals surface area contributed by atoms with Crippen LogP contribution >= 0.6 is 22.9 Å². The van der Waals surface area contributed by atoms with E-state index in [0.717, 1.165) is 30.1 Å². The Morgan fingerprint density at radius 1 is 1.34 bits per heavy atom. The van der Waals surface area contributed by atoms with Crippen molar-refractivity contribution in [2.45, 2.75) is 38.3 Å². The molecule has 3 atom stereocenters. The first kappa shape index (κ1) is 27.9. The maximum absolute atomic E-state index is 13.2. The van der Waals surface area contributed by atoms with Crippen molar-refractivity contribution >= 4 is 52.4 Å². The quantitative estimate of drug-likeness (QED) is 0.274. The van der Waals surface area contributed by atoms with Crippen LogP contribution in [0.15, 0.2) is 23.3 Å². The number of halogens is 1. The van der Waals surface area contributed by atoms with Crippen LogP contribution in [0.1, 0.15) is 39.6 Å². The Bertz CT molecular complexity index is 1240. The van der Waals surface area contributed by atoms with E-state index in [1.54, 1.807) is 24.7 Å². The van der Waals surface area contributed by atoms with Gasteiger partial charge in [0.05, 0.1) is 16.6 Å². The molecule has 204 valence electrons. The van der Waals surface area contributed by atoms with E-state index in [1.807, 2.05) is 7.05 Å². The fourth-order valence-corrected chi connectivity index (χ4v) is 5.97. The van der Waals surface area contributed by atoms with E-state index >= 15 is 0 Å². The van der Waals surface area contributed by atoms with Crippen LogP contribution in [0, 0.1) is 11.8 Å². The van der Waals surface area contributed by atoms with E-state index in [1.165, 1.54) is 23.6 Å². The Morgan fingerprint density at radius 2 is 2.13 bits per heavy atom. The molecule has 2 aliphatic rings. The summed E-state index contributed by atoms with van der Waals surface area (Å²) in [7, 11) is 5.59. The Kier molecular flexibility index (Phi) is 8.95. The second-order valence-corrected chi connectivity index (χ2v) is 11.5. The summed E-state index contributed by atoms with van der Waals surface area (Å²) in [5, 5.41) is 29.3. The van der Waals surface area contributed by atoms with Gasteiger partial charge in [0.25, 0.3) is 11.8 Å². The number of aromatic nitrogens is 2. The molecule has 1 saturated carbocycles. The molecule has 0 bridgehead atoms. The lowest BCUT2D eigenvalue weighted by Gasteiger charge is -2.34. The lowest BCUT2D eigenvalue weighted by molar-refractivity contribution is -0.476. The zero-order valence-electron chi connectivity index (χ0n) is 21.6. The molecule has 3 heterocycles. The summed E-state index contributed by atoms with van der Waals surface area (Å²) >= 11 is 7.20. The van der Waals surface area contributed by atoms with Gasteiger partial charge in [0.1, 0.15) is 19.9 Å². The smallest absolute Gasteiger partial charge is 0.336 e. The lowest BCUT2D eigenvalue weighted by atomic mass is 9.78. The summed E-state index contributed by atoms with van der Waals surface area (Å²) in [5.74, 6) is -1.97. The third-order valence-electron chi connectivity index (χ3n) is 6.88. The molecular weight excluding hydrogens is 530 g/mol. The minimum absolute atomic E-state index is 0.0693. The van der Waals surface area contributed by atoms with E-state index in [-0.39, 0.29) is 42.0 Å². The number of anilines is 1. The number of carbonyl (C=O) groups is 2. The van der Waals surface area contributed by atoms with Gasteiger partial charge in [0.15, 0.2) is 5.01 Å². The molecule has 38 heavy (non-hydrogen) atoms. The third kappa shape index (κ3) is 6.86. The van der Waals surface area contributed by atoms with E-state index in [2.05, 4.69) is 30.5 Å². The molecule has 1 aliphatic heterocycles. The minimum atomic E-state index is -0.923. The number of hydrogen-bond acceptors (Lipinski definition) is 8. The molecule has 0 radical (unpaired) electrons. The summed E-state index contributed by atoms with van der Waals surface area (Å²) in [6.07, 6.45) is 3.94. The second-order valence-electron chi connectivity index (χ2n) is 9.94. The van der Waals surface area contributed by atoms with Crippen LogP contribution in [0.4, 0.5) is 5.82 Å². The number of hydrogen-bond donors (Lipinski definition) is 3. The molecular formula is C25H32ClN7O4S. The number of aliphatic hydroxyl groups is 1. The number of aliphatic hydroxyl groups excluding tert-OH is 1. The molecule has 13 heteroatoms. The number of nitrogens with zero attached hydrogens (tertiary/aromatic N) is 5. The minimum Gasteiger partial charge on any atom is -0.855 e. The van der Waals surface area contributed by atoms with Crippen molar-refractivity contribution in [2.24, 2.45) is 16.8 Å². The van der Waals surface area contributed by atoms with Crippen molar-refractivity contribution in [3.05, 3.63) is 38.9 Å².